The molecular weight excluding hydrogens is 492 g/mol. The third-order valence-electron chi connectivity index (χ3n) is 4.63. The van der Waals surface area contributed by atoms with Crippen molar-refractivity contribution in [2.24, 2.45) is 5.10 Å². The highest BCUT2D eigenvalue weighted by Crippen LogP contribution is 2.31. The van der Waals surface area contributed by atoms with E-state index in [1.54, 1.807) is 54.6 Å². The number of nitrogens with one attached hydrogen (secondary N) is 1. The zero-order valence-electron chi connectivity index (χ0n) is 17.5. The topological polar surface area (TPSA) is 95.5 Å². The molecule has 3 aromatic carbocycles. The summed E-state index contributed by atoms with van der Waals surface area (Å²) in [4.78, 5) is 24.8. The lowest BCUT2D eigenvalue weighted by Crippen LogP contribution is -2.19. The molecule has 1 aliphatic heterocycles. The van der Waals surface area contributed by atoms with Crippen LogP contribution in [0.1, 0.15) is 26.3 Å². The van der Waals surface area contributed by atoms with E-state index in [2.05, 4.69) is 26.5 Å². The summed E-state index contributed by atoms with van der Waals surface area (Å²) >= 11 is 3.33. The number of hydrogen-bond donors (Lipinski definition) is 1. The summed E-state index contributed by atoms with van der Waals surface area (Å²) in [5, 5.41) is 3.99. The summed E-state index contributed by atoms with van der Waals surface area (Å²) in [7, 11) is 1.47. The van der Waals surface area contributed by atoms with Gasteiger partial charge in [-0.1, -0.05) is 22.0 Å². The van der Waals surface area contributed by atoms with Gasteiger partial charge in [0.2, 0.25) is 0 Å². The van der Waals surface area contributed by atoms with Crippen LogP contribution < -0.4 is 24.4 Å². The van der Waals surface area contributed by atoms with Crippen molar-refractivity contribution in [2.75, 3.05) is 20.3 Å². The van der Waals surface area contributed by atoms with E-state index in [1.165, 1.54) is 13.3 Å². The van der Waals surface area contributed by atoms with Crippen LogP contribution in [0.4, 0.5) is 0 Å². The molecule has 168 valence electrons. The molecular formula is C24H19BrN2O6. The SMILES string of the molecule is COc1cc(/C=N/NC(=O)c2ccc3c(c2)OCCO3)ccc1OC(=O)c1cccc(Br)c1. The average molecular weight is 511 g/mol. The van der Waals surface area contributed by atoms with Gasteiger partial charge in [-0.15, -0.1) is 0 Å². The van der Waals surface area contributed by atoms with Crippen LogP contribution in [0.25, 0.3) is 0 Å². The molecule has 3 aromatic rings. The Morgan fingerprint density at radius 3 is 2.58 bits per heavy atom. The number of nitrogens with zero attached hydrogens (tertiary/aromatic N) is 1. The first-order chi connectivity index (χ1) is 16.0. The molecule has 0 radical (unpaired) electrons. The van der Waals surface area contributed by atoms with E-state index in [0.29, 0.717) is 47.2 Å². The number of fused-ring (bicyclic) bond motifs is 1. The van der Waals surface area contributed by atoms with Crippen molar-refractivity contribution < 1.29 is 28.5 Å². The lowest BCUT2D eigenvalue weighted by Gasteiger charge is -2.18. The summed E-state index contributed by atoms with van der Waals surface area (Å²) < 4.78 is 22.5. The van der Waals surface area contributed by atoms with Crippen molar-refractivity contribution in [3.63, 3.8) is 0 Å². The van der Waals surface area contributed by atoms with Gasteiger partial charge in [-0.2, -0.15) is 5.10 Å². The molecule has 33 heavy (non-hydrogen) atoms. The first-order valence-electron chi connectivity index (χ1n) is 9.92. The van der Waals surface area contributed by atoms with E-state index in [9.17, 15) is 9.59 Å². The van der Waals surface area contributed by atoms with Gasteiger partial charge in [-0.25, -0.2) is 10.2 Å². The molecule has 9 heteroatoms. The second-order valence-corrected chi connectivity index (χ2v) is 7.78. The van der Waals surface area contributed by atoms with E-state index in [-0.39, 0.29) is 5.75 Å². The molecule has 0 aliphatic carbocycles. The number of benzene rings is 3. The maximum atomic E-state index is 12.4. The maximum Gasteiger partial charge on any atom is 0.343 e. The summed E-state index contributed by atoms with van der Waals surface area (Å²) in [5.74, 6) is 0.836. The largest absolute Gasteiger partial charge is 0.493 e. The van der Waals surface area contributed by atoms with Crippen LogP contribution in [-0.2, 0) is 0 Å². The Balaban J connectivity index is 1.41. The minimum Gasteiger partial charge on any atom is -0.493 e. The minimum atomic E-state index is -0.511. The number of esters is 1. The first-order valence-corrected chi connectivity index (χ1v) is 10.7. The molecule has 0 unspecified atom stereocenters. The van der Waals surface area contributed by atoms with E-state index in [4.69, 9.17) is 18.9 Å². The van der Waals surface area contributed by atoms with Crippen LogP contribution in [0.15, 0.2) is 70.2 Å². The van der Waals surface area contributed by atoms with Crippen molar-refractivity contribution in [3.05, 3.63) is 81.8 Å². The summed E-state index contributed by atoms with van der Waals surface area (Å²) in [6, 6.07) is 16.7. The second kappa shape index (κ2) is 10.2. The summed E-state index contributed by atoms with van der Waals surface area (Å²) in [5.41, 5.74) is 3.90. The molecule has 1 heterocycles. The smallest absolute Gasteiger partial charge is 0.343 e. The van der Waals surface area contributed by atoms with Gasteiger partial charge in [0.05, 0.1) is 18.9 Å². The van der Waals surface area contributed by atoms with Gasteiger partial charge in [0, 0.05) is 10.0 Å². The van der Waals surface area contributed by atoms with Crippen LogP contribution in [-0.4, -0.2) is 38.4 Å². The molecule has 0 saturated heterocycles. The molecule has 0 aromatic heterocycles. The van der Waals surface area contributed by atoms with Crippen molar-refractivity contribution in [1.82, 2.24) is 5.43 Å². The Labute approximate surface area is 198 Å². The van der Waals surface area contributed by atoms with Gasteiger partial charge < -0.3 is 18.9 Å². The van der Waals surface area contributed by atoms with Crippen LogP contribution in [0.3, 0.4) is 0 Å². The fourth-order valence-corrected chi connectivity index (χ4v) is 3.44. The summed E-state index contributed by atoms with van der Waals surface area (Å²) in [6.07, 6.45) is 1.46. The lowest BCUT2D eigenvalue weighted by molar-refractivity contribution is 0.0729. The number of hydrogen-bond acceptors (Lipinski definition) is 7. The Bertz CT molecular complexity index is 1230. The fourth-order valence-electron chi connectivity index (χ4n) is 3.04. The quantitative estimate of drug-likeness (QED) is 0.231. The predicted octanol–water partition coefficient (Wildman–Crippen LogP) is 4.21. The number of ether oxygens (including phenoxy) is 4. The van der Waals surface area contributed by atoms with Gasteiger partial charge in [0.1, 0.15) is 13.2 Å². The van der Waals surface area contributed by atoms with Gasteiger partial charge in [0.15, 0.2) is 23.0 Å². The number of amides is 1. The van der Waals surface area contributed by atoms with Crippen LogP contribution in [0.2, 0.25) is 0 Å². The van der Waals surface area contributed by atoms with Gasteiger partial charge in [-0.05, 0) is 60.2 Å². The van der Waals surface area contributed by atoms with Crippen molar-refractivity contribution >= 4 is 34.0 Å². The molecule has 0 fully saturated rings. The highest BCUT2D eigenvalue weighted by Gasteiger charge is 2.15. The van der Waals surface area contributed by atoms with E-state index < -0.39 is 11.9 Å². The fraction of sp³-hybridized carbons (Fsp3) is 0.125. The van der Waals surface area contributed by atoms with Crippen LogP contribution >= 0.6 is 15.9 Å². The van der Waals surface area contributed by atoms with Gasteiger partial charge >= 0.3 is 5.97 Å². The van der Waals surface area contributed by atoms with Crippen molar-refractivity contribution in [1.29, 1.82) is 0 Å². The minimum absolute atomic E-state index is 0.264. The standard InChI is InChI=1S/C24H19BrN2O6/c1-30-21-11-15(5-7-20(21)33-24(29)17-3-2-4-18(25)12-17)14-26-27-23(28)16-6-8-19-22(13-16)32-10-9-31-19/h2-8,11-14H,9-10H2,1H3,(H,27,28)/b26-14+. The molecule has 0 saturated carbocycles. The number of carbonyl (C=O) groups excluding carboxylic acids is 2. The summed E-state index contributed by atoms with van der Waals surface area (Å²) in [6.45, 7) is 0.917. The molecule has 1 amide bonds. The Kier molecular flexibility index (Phi) is 6.89. The lowest BCUT2D eigenvalue weighted by atomic mass is 10.2. The molecule has 1 aliphatic rings. The van der Waals surface area contributed by atoms with Crippen molar-refractivity contribution in [3.8, 4) is 23.0 Å². The normalized spacial score (nSPS) is 12.3. The Morgan fingerprint density at radius 2 is 1.79 bits per heavy atom. The molecule has 1 N–H and O–H groups in total. The third kappa shape index (κ3) is 5.50. The van der Waals surface area contributed by atoms with E-state index >= 15 is 0 Å². The number of methoxy groups -OCH3 is 1. The predicted molar refractivity (Wildman–Crippen MR) is 125 cm³/mol. The number of halogens is 1. The molecule has 0 bridgehead atoms. The van der Waals surface area contributed by atoms with Gasteiger partial charge in [0.25, 0.3) is 5.91 Å². The van der Waals surface area contributed by atoms with Crippen LogP contribution in [0, 0.1) is 0 Å². The Morgan fingerprint density at radius 1 is 0.970 bits per heavy atom. The monoisotopic (exact) mass is 510 g/mol. The molecule has 0 atom stereocenters. The highest BCUT2D eigenvalue weighted by molar-refractivity contribution is 9.10. The molecule has 0 spiro atoms. The highest BCUT2D eigenvalue weighted by atomic mass is 79.9. The molecule has 4 rings (SSSR count). The Hall–Kier alpha value is -3.85. The number of hydrazone groups is 1. The third-order valence-corrected chi connectivity index (χ3v) is 5.13. The zero-order valence-corrected chi connectivity index (χ0v) is 19.1. The molecule has 8 nitrogen and oxygen atoms in total. The zero-order chi connectivity index (χ0) is 23.2. The number of rotatable bonds is 6. The van der Waals surface area contributed by atoms with Crippen molar-refractivity contribution in [2.45, 2.75) is 0 Å². The van der Waals surface area contributed by atoms with E-state index in [1.807, 2.05) is 6.07 Å². The first kappa shape index (κ1) is 22.3. The van der Waals surface area contributed by atoms with Gasteiger partial charge in [-0.3, -0.25) is 4.79 Å². The van der Waals surface area contributed by atoms with E-state index in [0.717, 1.165) is 4.47 Å². The average Bonchev–Trinajstić information content (AvgIpc) is 2.84. The number of carbonyl (C=O) groups is 2. The maximum absolute atomic E-state index is 12.4. The second-order valence-electron chi connectivity index (χ2n) is 6.87. The van der Waals surface area contributed by atoms with Crippen LogP contribution in [0.5, 0.6) is 23.0 Å².